The number of carbonyl (C=O) groups excluding carboxylic acids is 3. The van der Waals surface area contributed by atoms with Crippen molar-refractivity contribution in [2.24, 2.45) is 23.2 Å². The van der Waals surface area contributed by atoms with Gasteiger partial charge in [0.1, 0.15) is 53.0 Å². The maximum Gasteiger partial charge on any atom is 0.408 e. The minimum atomic E-state index is -1.40. The quantitative estimate of drug-likeness (QED) is 0.215. The standard InChI is InChI=1S/C43H58ClN5O9/c1-7-27-22-43(27,40(52)53)47-38(50)32-21-30(23-49(32)39(51)37(42(4,5)6)46-41(54)58-29-18-25-17-26(25)19-29)57-34-20-28(16-24(2)3)45-36-31(34)8-9-33(35(36)44)56-15-12-48-10-13-55-14-11-48/h8-9,16,20,25-27,29-30,32,37H,7,10-15,17-19,21-23H2,1-6H3,(H,46,54)(H,47,50)(H,52,53)/t25-,26+,27-,29+,30-,32+,37-,43-/m1/s1. The molecule has 0 radical (unpaired) electrons. The van der Waals surface area contributed by atoms with E-state index in [1.807, 2.05) is 59.8 Å². The van der Waals surface area contributed by atoms with Gasteiger partial charge in [-0.3, -0.25) is 14.5 Å². The molecule has 0 bridgehead atoms. The number of alkyl carbamates (subject to hydrolysis) is 1. The molecular formula is C43H58ClN5O9. The molecule has 5 fully saturated rings. The predicted molar refractivity (Wildman–Crippen MR) is 218 cm³/mol. The summed E-state index contributed by atoms with van der Waals surface area (Å²) in [6.07, 6.45) is 4.18. The third kappa shape index (κ3) is 9.18. The lowest BCUT2D eigenvalue weighted by Crippen LogP contribution is -2.59. The number of aliphatic carboxylic acids is 1. The number of fused-ring (bicyclic) bond motifs is 2. The Balaban J connectivity index is 1.15. The molecule has 0 unspecified atom stereocenters. The fourth-order valence-electron chi connectivity index (χ4n) is 8.94. The number of amides is 3. The van der Waals surface area contributed by atoms with E-state index in [0.717, 1.165) is 38.0 Å². The van der Waals surface area contributed by atoms with Crippen LogP contribution in [0.1, 0.15) is 85.8 Å². The van der Waals surface area contributed by atoms with Crippen molar-refractivity contribution in [2.45, 2.75) is 110 Å². The van der Waals surface area contributed by atoms with Gasteiger partial charge in [0, 0.05) is 37.5 Å². The number of ether oxygens (including phenoxy) is 4. The average molecular weight is 824 g/mol. The van der Waals surface area contributed by atoms with Crippen LogP contribution in [0.5, 0.6) is 11.5 Å². The number of halogens is 1. The number of morpholine rings is 1. The van der Waals surface area contributed by atoms with Crippen molar-refractivity contribution < 1.29 is 43.2 Å². The number of aromatic nitrogens is 1. The Morgan fingerprint density at radius 1 is 1.07 bits per heavy atom. The number of pyridine rings is 1. The molecule has 3 amide bonds. The van der Waals surface area contributed by atoms with Gasteiger partial charge < -0.3 is 39.6 Å². The lowest BCUT2D eigenvalue weighted by atomic mass is 9.85. The van der Waals surface area contributed by atoms with Gasteiger partial charge in [0.2, 0.25) is 11.8 Å². The number of carboxylic acid groups (broad SMARTS) is 1. The smallest absolute Gasteiger partial charge is 0.408 e. The number of nitrogens with zero attached hydrogens (tertiary/aromatic N) is 3. The number of likely N-dealkylation sites (tertiary alicyclic amines) is 1. The predicted octanol–water partition coefficient (Wildman–Crippen LogP) is 5.68. The molecule has 316 valence electrons. The number of carboxylic acids is 1. The molecule has 2 aliphatic heterocycles. The van der Waals surface area contributed by atoms with Crippen LogP contribution in [0.25, 0.3) is 17.0 Å². The van der Waals surface area contributed by atoms with Gasteiger partial charge in [-0.1, -0.05) is 51.3 Å². The summed E-state index contributed by atoms with van der Waals surface area (Å²) in [5, 5.41) is 16.8. The number of nitrogens with one attached hydrogen (secondary N) is 2. The second kappa shape index (κ2) is 16.8. The normalized spacial score (nSPS) is 28.3. The van der Waals surface area contributed by atoms with E-state index in [-0.39, 0.29) is 25.0 Å². The summed E-state index contributed by atoms with van der Waals surface area (Å²) < 4.78 is 24.1. The topological polar surface area (TPSA) is 169 Å². The Kier molecular flexibility index (Phi) is 12.2. The van der Waals surface area contributed by atoms with Crippen molar-refractivity contribution in [1.82, 2.24) is 25.4 Å². The van der Waals surface area contributed by atoms with Crippen molar-refractivity contribution in [3.63, 3.8) is 0 Å². The summed E-state index contributed by atoms with van der Waals surface area (Å²) in [6, 6.07) is 3.32. The molecule has 14 nitrogen and oxygen atoms in total. The Labute approximate surface area is 345 Å². The third-order valence-electron chi connectivity index (χ3n) is 12.4. The molecule has 7 rings (SSSR count). The molecule has 2 aromatic rings. The summed E-state index contributed by atoms with van der Waals surface area (Å²) >= 11 is 6.99. The molecule has 1 aromatic carbocycles. The maximum absolute atomic E-state index is 14.7. The van der Waals surface area contributed by atoms with Gasteiger partial charge in [-0.15, -0.1) is 0 Å². The Morgan fingerprint density at radius 2 is 1.79 bits per heavy atom. The molecule has 8 atom stereocenters. The summed E-state index contributed by atoms with van der Waals surface area (Å²) in [7, 11) is 0. The van der Waals surface area contributed by atoms with Gasteiger partial charge in [-0.2, -0.15) is 0 Å². The summed E-state index contributed by atoms with van der Waals surface area (Å²) in [5.41, 5.74) is -0.0737. The van der Waals surface area contributed by atoms with Crippen molar-refractivity contribution in [3.8, 4) is 11.5 Å². The van der Waals surface area contributed by atoms with Crippen LogP contribution in [0.3, 0.4) is 0 Å². The van der Waals surface area contributed by atoms with Crippen LogP contribution in [0, 0.1) is 23.2 Å². The highest BCUT2D eigenvalue weighted by atomic mass is 35.5. The zero-order chi connectivity index (χ0) is 41.5. The Hall–Kier alpha value is -4.14. The first-order valence-corrected chi connectivity index (χ1v) is 21.1. The number of rotatable bonds is 14. The number of allylic oxidation sites excluding steroid dienone is 1. The van der Waals surface area contributed by atoms with E-state index in [1.54, 1.807) is 6.07 Å². The number of hydrogen-bond acceptors (Lipinski definition) is 10. The average Bonchev–Trinajstić information content (AvgIpc) is 3.98. The number of hydrogen-bond donors (Lipinski definition) is 3. The molecule has 2 saturated heterocycles. The first-order valence-electron chi connectivity index (χ1n) is 20.8. The highest BCUT2D eigenvalue weighted by molar-refractivity contribution is 6.36. The second-order valence-corrected chi connectivity index (χ2v) is 18.5. The van der Waals surface area contributed by atoms with Crippen molar-refractivity contribution >= 4 is 52.5 Å². The summed E-state index contributed by atoms with van der Waals surface area (Å²) in [6.45, 7) is 15.6. The van der Waals surface area contributed by atoms with E-state index in [9.17, 15) is 24.3 Å². The van der Waals surface area contributed by atoms with Gasteiger partial charge in [-0.05, 0) is 80.9 Å². The minimum absolute atomic E-state index is 0.00174. The summed E-state index contributed by atoms with van der Waals surface area (Å²) in [5.74, 6) is -0.217. The molecular weight excluding hydrogens is 766 g/mol. The van der Waals surface area contributed by atoms with Crippen LogP contribution in [0.2, 0.25) is 5.02 Å². The summed E-state index contributed by atoms with van der Waals surface area (Å²) in [4.78, 5) is 63.1. The highest BCUT2D eigenvalue weighted by Crippen LogP contribution is 2.52. The van der Waals surface area contributed by atoms with Crippen LogP contribution in [0.4, 0.5) is 4.79 Å². The van der Waals surface area contributed by atoms with Crippen molar-refractivity contribution in [3.05, 3.63) is 34.5 Å². The van der Waals surface area contributed by atoms with E-state index in [2.05, 4.69) is 15.5 Å². The van der Waals surface area contributed by atoms with Crippen LogP contribution in [-0.4, -0.2) is 120 Å². The molecule has 3 aliphatic carbocycles. The Morgan fingerprint density at radius 3 is 2.43 bits per heavy atom. The largest absolute Gasteiger partial charge is 0.491 e. The van der Waals surface area contributed by atoms with Gasteiger partial charge in [-0.25, -0.2) is 14.6 Å². The van der Waals surface area contributed by atoms with Gasteiger partial charge in [0.05, 0.1) is 31.0 Å². The van der Waals surface area contributed by atoms with Crippen molar-refractivity contribution in [2.75, 3.05) is 46.0 Å². The number of carbonyl (C=O) groups is 4. The molecule has 3 saturated carbocycles. The van der Waals surface area contributed by atoms with Gasteiger partial charge in [0.25, 0.3) is 0 Å². The molecule has 1 aromatic heterocycles. The third-order valence-corrected chi connectivity index (χ3v) is 12.8. The molecule has 3 N–H and O–H groups in total. The van der Waals surface area contributed by atoms with E-state index in [0.29, 0.717) is 77.6 Å². The molecule has 0 spiro atoms. The second-order valence-electron chi connectivity index (χ2n) is 18.1. The zero-order valence-electron chi connectivity index (χ0n) is 34.5. The molecule has 15 heteroatoms. The first kappa shape index (κ1) is 42.0. The SMILES string of the molecule is CC[C@@H]1C[C@]1(NC(=O)[C@@H]1C[C@@H](Oc2cc(C=C(C)C)nc3c(Cl)c(OCCN4CCOCC4)ccc23)CN1C(=O)[C@@H](NC(=O)O[C@@H]1C[C@@H]2C[C@@H]2C1)C(C)(C)C)C(=O)O. The maximum atomic E-state index is 14.7. The van der Waals surface area contributed by atoms with Crippen LogP contribution >= 0.6 is 11.6 Å². The lowest BCUT2D eigenvalue weighted by molar-refractivity contribution is -0.146. The Bertz CT molecular complexity index is 1930. The van der Waals surface area contributed by atoms with Crippen LogP contribution in [-0.2, 0) is 23.9 Å². The van der Waals surface area contributed by atoms with Crippen molar-refractivity contribution in [1.29, 1.82) is 0 Å². The zero-order valence-corrected chi connectivity index (χ0v) is 35.2. The fourth-order valence-corrected chi connectivity index (χ4v) is 9.20. The van der Waals surface area contributed by atoms with Gasteiger partial charge >= 0.3 is 12.1 Å². The van der Waals surface area contributed by atoms with E-state index in [4.69, 9.17) is 35.5 Å². The first-order chi connectivity index (χ1) is 27.6. The van der Waals surface area contributed by atoms with Crippen LogP contribution in [0.15, 0.2) is 23.8 Å². The van der Waals surface area contributed by atoms with Gasteiger partial charge in [0.15, 0.2) is 0 Å². The lowest BCUT2D eigenvalue weighted by Gasteiger charge is -2.35. The number of benzene rings is 1. The highest BCUT2D eigenvalue weighted by Gasteiger charge is 2.61. The monoisotopic (exact) mass is 823 g/mol. The van der Waals surface area contributed by atoms with Crippen LogP contribution < -0.4 is 20.1 Å². The van der Waals surface area contributed by atoms with E-state index in [1.165, 1.54) is 11.3 Å². The molecule has 58 heavy (non-hydrogen) atoms. The molecule has 3 heterocycles. The minimum Gasteiger partial charge on any atom is -0.491 e. The van der Waals surface area contributed by atoms with E-state index < -0.39 is 53.0 Å². The fraction of sp³-hybridized carbons (Fsp3) is 0.651. The molecule has 5 aliphatic rings. The van der Waals surface area contributed by atoms with E-state index >= 15 is 0 Å².